The largest absolute Gasteiger partial charge is 0.378 e. The molecule has 0 amide bonds. The summed E-state index contributed by atoms with van der Waals surface area (Å²) in [6, 6.07) is 6.29. The highest BCUT2D eigenvalue weighted by Gasteiger charge is 2.35. The fraction of sp³-hybridized carbons (Fsp3) is 0.500. The normalized spacial score (nSPS) is 21.8. The van der Waals surface area contributed by atoms with Crippen LogP contribution in [0, 0.1) is 12.8 Å². The van der Waals surface area contributed by atoms with Gasteiger partial charge in [-0.1, -0.05) is 0 Å². The van der Waals surface area contributed by atoms with E-state index in [1.165, 1.54) is 0 Å². The quantitative estimate of drug-likeness (QED) is 0.516. The molecule has 3 aromatic heterocycles. The van der Waals surface area contributed by atoms with Gasteiger partial charge >= 0.3 is 0 Å². The van der Waals surface area contributed by atoms with Gasteiger partial charge in [0.05, 0.1) is 36.3 Å². The summed E-state index contributed by atoms with van der Waals surface area (Å²) in [5.41, 5.74) is 4.31. The standard InChI is InChI=1S/C24H31FN8O/c1-4-27-20-5-6-21(29-15(20)2)18-8-10-33-22(18)23(26-3)30-24(31-33)28-11-16-7-9-32(12-19(16)25)17-13-34-14-17/h4-6,8,10,16-17,19H,7,9,11-14H2,1-3H3,(H2,26,28,30,31)/t16?,19-/m0/s1. The Morgan fingerprint density at radius 3 is 2.79 bits per heavy atom. The number of fused-ring (bicyclic) bond motifs is 1. The van der Waals surface area contributed by atoms with Crippen molar-refractivity contribution in [3.05, 3.63) is 30.1 Å². The van der Waals surface area contributed by atoms with E-state index in [-0.39, 0.29) is 5.92 Å². The van der Waals surface area contributed by atoms with Gasteiger partial charge < -0.3 is 15.4 Å². The Hall–Kier alpha value is -3.11. The first-order valence-corrected chi connectivity index (χ1v) is 11.8. The Labute approximate surface area is 198 Å². The van der Waals surface area contributed by atoms with Gasteiger partial charge in [-0.2, -0.15) is 4.98 Å². The summed E-state index contributed by atoms with van der Waals surface area (Å²) in [6.07, 6.45) is 3.59. The third-order valence-electron chi connectivity index (χ3n) is 6.72. The molecule has 0 aromatic carbocycles. The molecule has 2 aliphatic rings. The zero-order valence-electron chi connectivity index (χ0n) is 19.8. The Morgan fingerprint density at radius 1 is 1.26 bits per heavy atom. The maximum Gasteiger partial charge on any atom is 0.243 e. The average Bonchev–Trinajstić information content (AvgIpc) is 3.22. The predicted molar refractivity (Wildman–Crippen MR) is 132 cm³/mol. The third kappa shape index (κ3) is 4.35. The van der Waals surface area contributed by atoms with E-state index >= 15 is 0 Å². The molecule has 1 unspecified atom stereocenters. The topological polar surface area (TPSA) is 92.0 Å². The van der Waals surface area contributed by atoms with Crippen LogP contribution in [0.5, 0.6) is 0 Å². The lowest BCUT2D eigenvalue weighted by Gasteiger charge is -2.42. The van der Waals surface area contributed by atoms with E-state index in [0.29, 0.717) is 30.9 Å². The van der Waals surface area contributed by atoms with Crippen LogP contribution in [0.2, 0.25) is 0 Å². The molecular formula is C24H31FN8O. The molecular weight excluding hydrogens is 435 g/mol. The highest BCUT2D eigenvalue weighted by atomic mass is 19.1. The molecule has 2 atom stereocenters. The second-order valence-electron chi connectivity index (χ2n) is 8.88. The third-order valence-corrected chi connectivity index (χ3v) is 6.72. The number of pyridine rings is 1. The van der Waals surface area contributed by atoms with Crippen molar-refractivity contribution >= 4 is 29.2 Å². The van der Waals surface area contributed by atoms with Crippen LogP contribution < -0.4 is 10.6 Å². The van der Waals surface area contributed by atoms with E-state index < -0.39 is 6.17 Å². The fourth-order valence-electron chi connectivity index (χ4n) is 4.65. The number of alkyl halides is 1. The number of halogens is 1. The molecule has 5 rings (SSSR count). The number of likely N-dealkylation sites (tertiary alicyclic amines) is 1. The number of aliphatic imine (C=N–C) groups is 1. The number of anilines is 2. The van der Waals surface area contributed by atoms with Crippen molar-refractivity contribution in [2.45, 2.75) is 32.5 Å². The van der Waals surface area contributed by atoms with E-state index in [0.717, 1.165) is 54.3 Å². The smallest absolute Gasteiger partial charge is 0.243 e. The Bertz CT molecular complexity index is 1190. The van der Waals surface area contributed by atoms with Gasteiger partial charge in [0.25, 0.3) is 0 Å². The molecule has 0 aliphatic carbocycles. The lowest BCUT2D eigenvalue weighted by molar-refractivity contribution is -0.0844. The highest BCUT2D eigenvalue weighted by molar-refractivity contribution is 5.87. The zero-order valence-corrected chi connectivity index (χ0v) is 19.8. The minimum absolute atomic E-state index is 0.0636. The molecule has 0 spiro atoms. The van der Waals surface area contributed by atoms with Crippen molar-refractivity contribution in [2.24, 2.45) is 10.9 Å². The minimum Gasteiger partial charge on any atom is -0.378 e. The summed E-state index contributed by atoms with van der Waals surface area (Å²) in [4.78, 5) is 16.0. The van der Waals surface area contributed by atoms with Gasteiger partial charge in [-0.3, -0.25) is 14.9 Å². The first kappa shape index (κ1) is 22.7. The summed E-state index contributed by atoms with van der Waals surface area (Å²) in [7, 11) is 1.83. The summed E-state index contributed by atoms with van der Waals surface area (Å²) < 4.78 is 21.9. The van der Waals surface area contributed by atoms with Crippen molar-refractivity contribution in [1.82, 2.24) is 24.5 Å². The number of rotatable bonds is 7. The van der Waals surface area contributed by atoms with Gasteiger partial charge in [-0.15, -0.1) is 5.10 Å². The van der Waals surface area contributed by atoms with Gasteiger partial charge in [0, 0.05) is 44.0 Å². The van der Waals surface area contributed by atoms with Crippen molar-refractivity contribution in [2.75, 3.05) is 50.5 Å². The number of aryl methyl sites for hydroxylation is 1. The number of piperidine rings is 1. The molecule has 2 saturated heterocycles. The molecule has 0 radical (unpaired) electrons. The second kappa shape index (κ2) is 9.63. The van der Waals surface area contributed by atoms with Crippen molar-refractivity contribution in [3.8, 4) is 11.3 Å². The average molecular weight is 467 g/mol. The van der Waals surface area contributed by atoms with Gasteiger partial charge in [-0.05, 0) is 45.0 Å². The summed E-state index contributed by atoms with van der Waals surface area (Å²) >= 11 is 0. The van der Waals surface area contributed by atoms with E-state index in [9.17, 15) is 4.39 Å². The van der Waals surface area contributed by atoms with Crippen molar-refractivity contribution in [3.63, 3.8) is 0 Å². The molecule has 34 heavy (non-hydrogen) atoms. The second-order valence-corrected chi connectivity index (χ2v) is 8.88. The first-order valence-electron chi connectivity index (χ1n) is 11.8. The van der Waals surface area contributed by atoms with Gasteiger partial charge in [-0.25, -0.2) is 8.91 Å². The van der Waals surface area contributed by atoms with E-state index in [4.69, 9.17) is 9.72 Å². The number of nitrogens with zero attached hydrogens (tertiary/aromatic N) is 6. The van der Waals surface area contributed by atoms with Gasteiger partial charge in [0.15, 0.2) is 5.82 Å². The molecule has 9 nitrogen and oxygen atoms in total. The molecule has 5 heterocycles. The number of hydrogen-bond acceptors (Lipinski definition) is 8. The minimum atomic E-state index is -0.873. The Balaban J connectivity index is 1.33. The zero-order chi connectivity index (χ0) is 23.7. The molecule has 180 valence electrons. The predicted octanol–water partition coefficient (Wildman–Crippen LogP) is 3.33. The van der Waals surface area contributed by atoms with Crippen LogP contribution in [0.15, 0.2) is 29.4 Å². The maximum absolute atomic E-state index is 14.8. The Morgan fingerprint density at radius 2 is 2.12 bits per heavy atom. The molecule has 2 aliphatic heterocycles. The first-order chi connectivity index (χ1) is 16.6. The lowest BCUT2D eigenvalue weighted by atomic mass is 9.93. The molecule has 2 fully saturated rings. The number of hydrogen-bond donors (Lipinski definition) is 2. The van der Waals surface area contributed by atoms with E-state index in [1.807, 2.05) is 45.3 Å². The maximum atomic E-state index is 14.8. The van der Waals surface area contributed by atoms with Gasteiger partial charge in [0.1, 0.15) is 11.7 Å². The van der Waals surface area contributed by atoms with Crippen LogP contribution in [-0.2, 0) is 4.74 Å². The molecule has 0 saturated carbocycles. The van der Waals surface area contributed by atoms with E-state index in [2.05, 4.69) is 30.6 Å². The summed E-state index contributed by atoms with van der Waals surface area (Å²) in [5.74, 6) is 1.09. The molecule has 2 N–H and O–H groups in total. The van der Waals surface area contributed by atoms with Gasteiger partial charge in [0.2, 0.25) is 5.95 Å². The molecule has 10 heteroatoms. The van der Waals surface area contributed by atoms with Crippen molar-refractivity contribution < 1.29 is 9.13 Å². The number of aromatic nitrogens is 4. The van der Waals surface area contributed by atoms with Crippen LogP contribution in [0.1, 0.15) is 19.0 Å². The summed E-state index contributed by atoms with van der Waals surface area (Å²) in [5, 5.41) is 11.1. The SMILES string of the molecule is CC=Nc1ccc(-c2ccn3nc(NCC4CCN(C5COC5)C[C@@H]4F)nc(NC)c23)nc1C. The van der Waals surface area contributed by atoms with E-state index in [1.54, 1.807) is 10.7 Å². The number of ether oxygens (including phenoxy) is 1. The van der Waals surface area contributed by atoms with Crippen LogP contribution in [0.25, 0.3) is 16.8 Å². The van der Waals surface area contributed by atoms with Crippen LogP contribution >= 0.6 is 0 Å². The van der Waals surface area contributed by atoms with Crippen LogP contribution in [0.3, 0.4) is 0 Å². The monoisotopic (exact) mass is 466 g/mol. The molecule has 3 aromatic rings. The van der Waals surface area contributed by atoms with Crippen LogP contribution in [0.4, 0.5) is 21.8 Å². The Kier molecular flexibility index (Phi) is 6.42. The summed E-state index contributed by atoms with van der Waals surface area (Å²) in [6.45, 7) is 7.15. The number of nitrogens with one attached hydrogen (secondary N) is 2. The van der Waals surface area contributed by atoms with Crippen LogP contribution in [-0.4, -0.2) is 82.8 Å². The molecule has 0 bridgehead atoms. The van der Waals surface area contributed by atoms with Crippen molar-refractivity contribution in [1.29, 1.82) is 0 Å². The fourth-order valence-corrected chi connectivity index (χ4v) is 4.65. The lowest BCUT2D eigenvalue weighted by Crippen LogP contribution is -2.55. The highest BCUT2D eigenvalue weighted by Crippen LogP contribution is 2.31.